The fourth-order valence-electron chi connectivity index (χ4n) is 1.75. The summed E-state index contributed by atoms with van der Waals surface area (Å²) in [7, 11) is 0. The average molecular weight is 360 g/mol. The van der Waals surface area contributed by atoms with Crippen LogP contribution >= 0.6 is 27.3 Å². The number of halogens is 1. The first-order valence-electron chi connectivity index (χ1n) is 6.16. The molecule has 104 valence electrons. The number of aromatic nitrogens is 2. The molecule has 3 aromatic rings. The predicted molar refractivity (Wildman–Crippen MR) is 87.4 cm³/mol. The molecule has 2 aromatic heterocycles. The molecule has 0 aliphatic carbocycles. The molecule has 0 spiro atoms. The minimum atomic E-state index is -0.224. The van der Waals surface area contributed by atoms with Crippen molar-refractivity contribution in [3.05, 3.63) is 64.3 Å². The number of hydrogen-bond donors (Lipinski definition) is 1. The third kappa shape index (κ3) is 3.17. The van der Waals surface area contributed by atoms with Crippen LogP contribution in [-0.4, -0.2) is 15.9 Å². The van der Waals surface area contributed by atoms with Crippen LogP contribution in [0.1, 0.15) is 10.5 Å². The fraction of sp³-hybridized carbons (Fsp3) is 0. The van der Waals surface area contributed by atoms with E-state index in [0.717, 1.165) is 20.7 Å². The molecule has 4 nitrogen and oxygen atoms in total. The monoisotopic (exact) mass is 359 g/mol. The number of pyridine rings is 1. The Bertz CT molecular complexity index is 773. The normalized spacial score (nSPS) is 10.3. The van der Waals surface area contributed by atoms with Gasteiger partial charge >= 0.3 is 0 Å². The van der Waals surface area contributed by atoms with Crippen molar-refractivity contribution in [1.82, 2.24) is 9.97 Å². The molecule has 1 N–H and O–H groups in total. The molecule has 0 bridgehead atoms. The lowest BCUT2D eigenvalue weighted by Crippen LogP contribution is -2.12. The number of rotatable bonds is 3. The molecule has 3 rings (SSSR count). The van der Waals surface area contributed by atoms with E-state index in [1.807, 2.05) is 36.4 Å². The molecule has 0 radical (unpaired) electrons. The number of nitrogens with one attached hydrogen (secondary N) is 1. The van der Waals surface area contributed by atoms with Gasteiger partial charge in [-0.15, -0.1) is 11.3 Å². The van der Waals surface area contributed by atoms with Gasteiger partial charge in [-0.05, 0) is 40.2 Å². The molecular weight excluding hydrogens is 350 g/mol. The minimum absolute atomic E-state index is 0.224. The lowest BCUT2D eigenvalue weighted by Gasteiger charge is -2.04. The first-order chi connectivity index (χ1) is 10.2. The van der Waals surface area contributed by atoms with Crippen molar-refractivity contribution in [2.24, 2.45) is 0 Å². The Morgan fingerprint density at radius 1 is 1.14 bits per heavy atom. The van der Waals surface area contributed by atoms with Crippen molar-refractivity contribution < 1.29 is 4.79 Å². The summed E-state index contributed by atoms with van der Waals surface area (Å²) in [5, 5.41) is 5.39. The zero-order valence-electron chi connectivity index (χ0n) is 10.8. The van der Waals surface area contributed by atoms with Crippen molar-refractivity contribution in [2.45, 2.75) is 0 Å². The standard InChI is InChI=1S/C15H10BrN3OS/c16-11-3-1-2-4-12(11)18-14(20)13-9-21-15(19-13)10-5-7-17-8-6-10/h1-9H,(H,18,20). The van der Waals surface area contributed by atoms with Crippen molar-refractivity contribution >= 4 is 38.9 Å². The summed E-state index contributed by atoms with van der Waals surface area (Å²) in [6.07, 6.45) is 3.41. The summed E-state index contributed by atoms with van der Waals surface area (Å²) in [4.78, 5) is 20.6. The number of amides is 1. The number of carbonyl (C=O) groups is 1. The van der Waals surface area contributed by atoms with Crippen LogP contribution in [-0.2, 0) is 0 Å². The highest BCUT2D eigenvalue weighted by molar-refractivity contribution is 9.10. The van der Waals surface area contributed by atoms with E-state index in [2.05, 4.69) is 31.2 Å². The van der Waals surface area contributed by atoms with Gasteiger partial charge in [0, 0.05) is 27.8 Å². The van der Waals surface area contributed by atoms with Gasteiger partial charge in [0.25, 0.3) is 5.91 Å². The molecule has 2 heterocycles. The van der Waals surface area contributed by atoms with Gasteiger partial charge in [-0.1, -0.05) is 12.1 Å². The maximum absolute atomic E-state index is 12.2. The Kier molecular flexibility index (Phi) is 4.08. The fourth-order valence-corrected chi connectivity index (χ4v) is 2.94. The first kappa shape index (κ1) is 13.9. The molecule has 0 saturated carbocycles. The maximum Gasteiger partial charge on any atom is 0.275 e. The molecule has 0 aliphatic rings. The average Bonchev–Trinajstić information content (AvgIpc) is 3.00. The van der Waals surface area contributed by atoms with Crippen molar-refractivity contribution in [3.8, 4) is 10.6 Å². The van der Waals surface area contributed by atoms with Crippen LogP contribution in [0.15, 0.2) is 58.6 Å². The van der Waals surface area contributed by atoms with Crippen molar-refractivity contribution in [1.29, 1.82) is 0 Å². The number of carbonyl (C=O) groups excluding carboxylic acids is 1. The third-order valence-electron chi connectivity index (χ3n) is 2.79. The third-order valence-corrected chi connectivity index (χ3v) is 4.37. The summed E-state index contributed by atoms with van der Waals surface area (Å²) in [6.45, 7) is 0. The second kappa shape index (κ2) is 6.15. The van der Waals surface area contributed by atoms with Gasteiger partial charge in [0.15, 0.2) is 0 Å². The van der Waals surface area contributed by atoms with Crippen molar-refractivity contribution in [2.75, 3.05) is 5.32 Å². The number of benzene rings is 1. The largest absolute Gasteiger partial charge is 0.320 e. The van der Waals surface area contributed by atoms with Gasteiger partial charge in [0.05, 0.1) is 5.69 Å². The molecule has 6 heteroatoms. The highest BCUT2D eigenvalue weighted by atomic mass is 79.9. The highest BCUT2D eigenvalue weighted by Crippen LogP contribution is 2.25. The second-order valence-corrected chi connectivity index (χ2v) is 5.92. The number of anilines is 1. The van der Waals surface area contributed by atoms with E-state index >= 15 is 0 Å². The molecule has 0 fully saturated rings. The number of hydrogen-bond acceptors (Lipinski definition) is 4. The van der Waals surface area contributed by atoms with Gasteiger partial charge in [-0.25, -0.2) is 4.98 Å². The van der Waals surface area contributed by atoms with Crippen LogP contribution in [0.5, 0.6) is 0 Å². The van der Waals surface area contributed by atoms with Crippen molar-refractivity contribution in [3.63, 3.8) is 0 Å². The second-order valence-electron chi connectivity index (χ2n) is 4.21. The van der Waals surface area contributed by atoms with E-state index in [1.165, 1.54) is 11.3 Å². The van der Waals surface area contributed by atoms with E-state index in [0.29, 0.717) is 5.69 Å². The topological polar surface area (TPSA) is 54.9 Å². The van der Waals surface area contributed by atoms with Gasteiger partial charge in [-0.3, -0.25) is 9.78 Å². The Hall–Kier alpha value is -2.05. The van der Waals surface area contributed by atoms with E-state index in [-0.39, 0.29) is 5.91 Å². The summed E-state index contributed by atoms with van der Waals surface area (Å²) < 4.78 is 0.836. The van der Waals surface area contributed by atoms with Gasteiger partial charge in [-0.2, -0.15) is 0 Å². The predicted octanol–water partition coefficient (Wildman–Crippen LogP) is 4.22. The van der Waals surface area contributed by atoms with Crippen LogP contribution in [0.3, 0.4) is 0 Å². The maximum atomic E-state index is 12.2. The van der Waals surface area contributed by atoms with Crippen LogP contribution in [0.2, 0.25) is 0 Å². The lowest BCUT2D eigenvalue weighted by atomic mass is 10.3. The first-order valence-corrected chi connectivity index (χ1v) is 7.83. The zero-order chi connectivity index (χ0) is 14.7. The van der Waals surface area contributed by atoms with E-state index in [4.69, 9.17) is 0 Å². The Labute approximate surface area is 134 Å². The van der Waals surface area contributed by atoms with Gasteiger partial charge in [0.1, 0.15) is 10.7 Å². The summed E-state index contributed by atoms with van der Waals surface area (Å²) >= 11 is 4.83. The molecule has 0 unspecified atom stereocenters. The van der Waals surface area contributed by atoms with E-state index < -0.39 is 0 Å². The van der Waals surface area contributed by atoms with E-state index in [9.17, 15) is 4.79 Å². The Morgan fingerprint density at radius 3 is 2.67 bits per heavy atom. The summed E-state index contributed by atoms with van der Waals surface area (Å²) in [5.74, 6) is -0.224. The molecule has 0 saturated heterocycles. The Morgan fingerprint density at radius 2 is 1.90 bits per heavy atom. The smallest absolute Gasteiger partial charge is 0.275 e. The van der Waals surface area contributed by atoms with Crippen LogP contribution in [0.4, 0.5) is 5.69 Å². The molecular formula is C15H10BrN3OS. The molecule has 1 aromatic carbocycles. The van der Waals surface area contributed by atoms with Gasteiger partial charge < -0.3 is 5.32 Å². The van der Waals surface area contributed by atoms with Gasteiger partial charge in [0.2, 0.25) is 0 Å². The highest BCUT2D eigenvalue weighted by Gasteiger charge is 2.13. The molecule has 0 atom stereocenters. The number of thiazole rings is 1. The quantitative estimate of drug-likeness (QED) is 0.761. The van der Waals surface area contributed by atoms with Crippen LogP contribution in [0.25, 0.3) is 10.6 Å². The SMILES string of the molecule is O=C(Nc1ccccc1Br)c1csc(-c2ccncc2)n1. The van der Waals surface area contributed by atoms with Crippen LogP contribution < -0.4 is 5.32 Å². The summed E-state index contributed by atoms with van der Waals surface area (Å²) in [5.41, 5.74) is 2.08. The minimum Gasteiger partial charge on any atom is -0.320 e. The summed E-state index contributed by atoms with van der Waals surface area (Å²) in [6, 6.07) is 11.2. The lowest BCUT2D eigenvalue weighted by molar-refractivity contribution is 0.102. The zero-order valence-corrected chi connectivity index (χ0v) is 13.2. The van der Waals surface area contributed by atoms with E-state index in [1.54, 1.807) is 17.8 Å². The molecule has 1 amide bonds. The number of para-hydroxylation sites is 1. The molecule has 0 aliphatic heterocycles. The number of nitrogens with zero attached hydrogens (tertiary/aromatic N) is 2. The Balaban J connectivity index is 1.80. The molecule has 21 heavy (non-hydrogen) atoms. The van der Waals surface area contributed by atoms with Crippen LogP contribution in [0, 0.1) is 0 Å².